The zero-order chi connectivity index (χ0) is 20.3. The van der Waals surface area contributed by atoms with Crippen LogP contribution in [0.25, 0.3) is 5.69 Å². The third-order valence-corrected chi connectivity index (χ3v) is 5.60. The van der Waals surface area contributed by atoms with Gasteiger partial charge in [0.05, 0.1) is 11.3 Å². The summed E-state index contributed by atoms with van der Waals surface area (Å²) in [4.78, 5) is 25.9. The van der Waals surface area contributed by atoms with Crippen LogP contribution in [0, 0.1) is 19.7 Å². The van der Waals surface area contributed by atoms with Gasteiger partial charge in [-0.2, -0.15) is 0 Å². The monoisotopic (exact) mass is 385 g/mol. The van der Waals surface area contributed by atoms with Crippen LogP contribution < -0.4 is 10.6 Å². The van der Waals surface area contributed by atoms with Crippen molar-refractivity contribution in [2.45, 2.75) is 58.4 Å². The van der Waals surface area contributed by atoms with Gasteiger partial charge < -0.3 is 15.2 Å². The summed E-state index contributed by atoms with van der Waals surface area (Å²) >= 11 is 0. The summed E-state index contributed by atoms with van der Waals surface area (Å²) < 4.78 is 16.0. The lowest BCUT2D eigenvalue weighted by molar-refractivity contribution is -0.128. The molecule has 2 N–H and O–H groups in total. The highest BCUT2D eigenvalue weighted by Crippen LogP contribution is 2.30. The van der Waals surface area contributed by atoms with Crippen molar-refractivity contribution < 1.29 is 14.0 Å². The van der Waals surface area contributed by atoms with E-state index in [1.165, 1.54) is 6.07 Å². The van der Waals surface area contributed by atoms with E-state index in [1.54, 1.807) is 35.8 Å². The van der Waals surface area contributed by atoms with Gasteiger partial charge in [0.2, 0.25) is 5.91 Å². The molecule has 150 valence electrons. The normalized spacial score (nSPS) is 15.9. The van der Waals surface area contributed by atoms with E-state index in [9.17, 15) is 14.0 Å². The van der Waals surface area contributed by atoms with E-state index in [2.05, 4.69) is 10.6 Å². The third-order valence-electron chi connectivity index (χ3n) is 5.60. The minimum Gasteiger partial charge on any atom is -0.354 e. The number of amides is 2. The molecule has 2 aromatic rings. The van der Waals surface area contributed by atoms with Gasteiger partial charge >= 0.3 is 0 Å². The first-order valence-corrected chi connectivity index (χ1v) is 9.94. The van der Waals surface area contributed by atoms with Crippen LogP contribution >= 0.6 is 0 Å². The number of carbonyl (C=O) groups excluding carboxylic acids is 2. The minimum atomic E-state index is -0.869. The van der Waals surface area contributed by atoms with Crippen molar-refractivity contribution >= 4 is 11.8 Å². The Bertz CT molecular complexity index is 882. The maximum Gasteiger partial charge on any atom is 0.253 e. The maximum atomic E-state index is 14.3. The Hall–Kier alpha value is -2.63. The van der Waals surface area contributed by atoms with Crippen LogP contribution in [0.2, 0.25) is 0 Å². The van der Waals surface area contributed by atoms with Crippen LogP contribution in [-0.4, -0.2) is 28.5 Å². The van der Waals surface area contributed by atoms with Gasteiger partial charge in [-0.15, -0.1) is 0 Å². The van der Waals surface area contributed by atoms with Gasteiger partial charge in [0.25, 0.3) is 5.91 Å². The van der Waals surface area contributed by atoms with Gasteiger partial charge in [0.1, 0.15) is 11.4 Å². The second kappa shape index (κ2) is 8.17. The average Bonchev–Trinajstić information content (AvgIpc) is 2.97. The summed E-state index contributed by atoms with van der Waals surface area (Å²) in [6.07, 6.45) is 4.16. The van der Waals surface area contributed by atoms with Crippen LogP contribution in [-0.2, 0) is 4.79 Å². The van der Waals surface area contributed by atoms with Gasteiger partial charge in [-0.05, 0) is 51.8 Å². The molecule has 28 heavy (non-hydrogen) atoms. The molecule has 6 heteroatoms. The van der Waals surface area contributed by atoms with Crippen molar-refractivity contribution in [1.82, 2.24) is 15.2 Å². The Balaban J connectivity index is 1.93. The van der Waals surface area contributed by atoms with Crippen molar-refractivity contribution in [3.05, 3.63) is 53.1 Å². The number of aromatic nitrogens is 1. The van der Waals surface area contributed by atoms with Gasteiger partial charge in [-0.1, -0.05) is 31.4 Å². The van der Waals surface area contributed by atoms with E-state index in [0.717, 1.165) is 25.0 Å². The van der Waals surface area contributed by atoms with E-state index < -0.39 is 5.54 Å². The first-order chi connectivity index (χ1) is 13.4. The van der Waals surface area contributed by atoms with Gasteiger partial charge in [0, 0.05) is 17.9 Å². The zero-order valence-corrected chi connectivity index (χ0v) is 16.8. The molecule has 5 nitrogen and oxygen atoms in total. The molecule has 0 radical (unpaired) electrons. The van der Waals surface area contributed by atoms with Crippen molar-refractivity contribution in [2.75, 3.05) is 6.54 Å². The van der Waals surface area contributed by atoms with Crippen LogP contribution in [0.3, 0.4) is 0 Å². The summed E-state index contributed by atoms with van der Waals surface area (Å²) in [5, 5.41) is 5.89. The number of rotatable bonds is 5. The van der Waals surface area contributed by atoms with E-state index in [-0.39, 0.29) is 17.6 Å². The molecule has 1 saturated carbocycles. The number of aryl methyl sites for hydroxylation is 1. The number of para-hydroxylation sites is 1. The smallest absolute Gasteiger partial charge is 0.253 e. The predicted molar refractivity (Wildman–Crippen MR) is 107 cm³/mol. The van der Waals surface area contributed by atoms with Gasteiger partial charge in [-0.3, -0.25) is 9.59 Å². The number of hydrogen-bond donors (Lipinski definition) is 2. The average molecular weight is 385 g/mol. The fourth-order valence-electron chi connectivity index (χ4n) is 4.18. The summed E-state index contributed by atoms with van der Waals surface area (Å²) in [5.41, 5.74) is 1.43. The van der Waals surface area contributed by atoms with E-state index in [1.807, 2.05) is 13.8 Å². The first-order valence-electron chi connectivity index (χ1n) is 9.94. The minimum absolute atomic E-state index is 0.119. The van der Waals surface area contributed by atoms with Crippen molar-refractivity contribution in [3.63, 3.8) is 0 Å². The van der Waals surface area contributed by atoms with Crippen molar-refractivity contribution in [1.29, 1.82) is 0 Å². The molecule has 0 saturated heterocycles. The number of hydrogen-bond acceptors (Lipinski definition) is 2. The highest BCUT2D eigenvalue weighted by Gasteiger charge is 2.41. The second-order valence-electron chi connectivity index (χ2n) is 7.53. The van der Waals surface area contributed by atoms with Crippen LogP contribution in [0.1, 0.15) is 60.8 Å². The number of benzene rings is 1. The number of carbonyl (C=O) groups is 2. The van der Waals surface area contributed by atoms with E-state index in [0.29, 0.717) is 36.3 Å². The molecule has 2 amide bonds. The number of nitrogens with zero attached hydrogens (tertiary/aromatic N) is 1. The van der Waals surface area contributed by atoms with Crippen molar-refractivity contribution in [3.8, 4) is 5.69 Å². The Morgan fingerprint density at radius 2 is 1.82 bits per heavy atom. The number of likely N-dealkylation sites (N-methyl/N-ethyl adjacent to an activating group) is 1. The molecule has 3 rings (SSSR count). The highest BCUT2D eigenvalue weighted by atomic mass is 19.1. The quantitative estimate of drug-likeness (QED) is 0.822. The summed E-state index contributed by atoms with van der Waals surface area (Å²) in [6, 6.07) is 8.25. The molecule has 1 fully saturated rings. The largest absolute Gasteiger partial charge is 0.354 e. The molecule has 1 aromatic heterocycles. The molecular formula is C22H28FN3O2. The fourth-order valence-corrected chi connectivity index (χ4v) is 4.18. The maximum absolute atomic E-state index is 14.3. The lowest BCUT2D eigenvalue weighted by Gasteiger charge is -2.36. The molecule has 1 aromatic carbocycles. The van der Waals surface area contributed by atoms with E-state index >= 15 is 0 Å². The third kappa shape index (κ3) is 3.68. The zero-order valence-electron chi connectivity index (χ0n) is 16.8. The molecule has 0 atom stereocenters. The first kappa shape index (κ1) is 20.1. The molecule has 1 heterocycles. The number of halogens is 1. The van der Waals surface area contributed by atoms with Crippen LogP contribution in [0.4, 0.5) is 4.39 Å². The lowest BCUT2D eigenvalue weighted by atomic mass is 9.80. The summed E-state index contributed by atoms with van der Waals surface area (Å²) in [7, 11) is 0. The highest BCUT2D eigenvalue weighted by molar-refractivity contribution is 6.00. The van der Waals surface area contributed by atoms with Crippen molar-refractivity contribution in [2.24, 2.45) is 0 Å². The SMILES string of the molecule is CCNC(=O)C1(NC(=O)c2cc(C)n(-c3ccccc3F)c2C)CCCCC1. The Labute approximate surface area is 165 Å². The summed E-state index contributed by atoms with van der Waals surface area (Å²) in [5.74, 6) is -0.753. The Kier molecular flexibility index (Phi) is 5.87. The lowest BCUT2D eigenvalue weighted by Crippen LogP contribution is -2.59. The molecule has 1 aliphatic rings. The predicted octanol–water partition coefficient (Wildman–Crippen LogP) is 3.80. The van der Waals surface area contributed by atoms with Crippen LogP contribution in [0.15, 0.2) is 30.3 Å². The van der Waals surface area contributed by atoms with E-state index in [4.69, 9.17) is 0 Å². The number of nitrogens with one attached hydrogen (secondary N) is 2. The summed E-state index contributed by atoms with van der Waals surface area (Å²) in [6.45, 7) is 6.04. The molecule has 0 spiro atoms. The molecule has 0 unspecified atom stereocenters. The topological polar surface area (TPSA) is 63.1 Å². The molecule has 0 aliphatic heterocycles. The molecular weight excluding hydrogens is 357 g/mol. The standard InChI is InChI=1S/C22H28FN3O2/c1-4-24-21(28)22(12-8-5-9-13-22)25-20(27)17-14-15(2)26(16(17)3)19-11-7-6-10-18(19)23/h6-7,10-11,14H,4-5,8-9,12-13H2,1-3H3,(H,24,28)(H,25,27). The van der Waals surface area contributed by atoms with Gasteiger partial charge in [0.15, 0.2) is 0 Å². The molecule has 0 bridgehead atoms. The Morgan fingerprint density at radius 3 is 2.46 bits per heavy atom. The fraction of sp³-hybridized carbons (Fsp3) is 0.455. The molecule has 1 aliphatic carbocycles. The van der Waals surface area contributed by atoms with Crippen LogP contribution in [0.5, 0.6) is 0 Å². The van der Waals surface area contributed by atoms with Gasteiger partial charge in [-0.25, -0.2) is 4.39 Å². The second-order valence-corrected chi connectivity index (χ2v) is 7.53. The Morgan fingerprint density at radius 1 is 1.14 bits per heavy atom.